The van der Waals surface area contributed by atoms with E-state index in [9.17, 15) is 4.79 Å². The van der Waals surface area contributed by atoms with Crippen LogP contribution < -0.4 is 10.6 Å². The summed E-state index contributed by atoms with van der Waals surface area (Å²) in [4.78, 5) is 16.1. The van der Waals surface area contributed by atoms with Crippen LogP contribution in [0.5, 0.6) is 0 Å². The van der Waals surface area contributed by atoms with E-state index in [0.717, 1.165) is 18.5 Å². The van der Waals surface area contributed by atoms with Crippen molar-refractivity contribution in [2.24, 2.45) is 0 Å². The molecule has 2 rings (SSSR count). The Bertz CT molecular complexity index is 585. The maximum atomic E-state index is 11.8. The van der Waals surface area contributed by atoms with Crippen LogP contribution in [-0.4, -0.2) is 17.4 Å². The molecule has 106 valence electrons. The molecule has 0 saturated heterocycles. The molecule has 6 heteroatoms. The highest BCUT2D eigenvalue weighted by Gasteiger charge is 2.10. The summed E-state index contributed by atoms with van der Waals surface area (Å²) in [5.41, 5.74) is 1.21. The Balaban J connectivity index is 1.99. The van der Waals surface area contributed by atoms with E-state index >= 15 is 0 Å². The number of carbonyl (C=O) groups is 1. The van der Waals surface area contributed by atoms with Crippen LogP contribution in [0, 0.1) is 0 Å². The molecule has 0 saturated carbocycles. The maximum absolute atomic E-state index is 11.8. The van der Waals surface area contributed by atoms with Gasteiger partial charge in [-0.15, -0.1) is 11.3 Å². The average molecular weight is 310 g/mol. The van der Waals surface area contributed by atoms with Crippen molar-refractivity contribution in [3.05, 3.63) is 40.4 Å². The highest BCUT2D eigenvalue weighted by Crippen LogP contribution is 2.26. The van der Waals surface area contributed by atoms with Crippen LogP contribution in [0.1, 0.15) is 30.3 Å². The van der Waals surface area contributed by atoms with E-state index in [0.29, 0.717) is 22.4 Å². The first-order valence-corrected chi connectivity index (χ1v) is 7.71. The number of halogens is 1. The van der Waals surface area contributed by atoms with Gasteiger partial charge in [0.25, 0.3) is 5.91 Å². The van der Waals surface area contributed by atoms with Crippen LogP contribution in [0.3, 0.4) is 0 Å². The van der Waals surface area contributed by atoms with Gasteiger partial charge in [-0.25, -0.2) is 4.98 Å². The lowest BCUT2D eigenvalue weighted by Gasteiger charge is -2.04. The minimum Gasteiger partial charge on any atom is -0.351 e. The van der Waals surface area contributed by atoms with Crippen LogP contribution in [0.2, 0.25) is 5.02 Å². The normalized spacial score (nSPS) is 10.3. The highest BCUT2D eigenvalue weighted by molar-refractivity contribution is 7.14. The lowest BCUT2D eigenvalue weighted by atomic mass is 10.3. The number of para-hydroxylation sites is 1. The summed E-state index contributed by atoms with van der Waals surface area (Å²) >= 11 is 7.44. The third-order valence-corrected chi connectivity index (χ3v) is 3.76. The molecule has 1 heterocycles. The zero-order valence-corrected chi connectivity index (χ0v) is 12.7. The number of nitrogens with zero attached hydrogens (tertiary/aromatic N) is 1. The summed E-state index contributed by atoms with van der Waals surface area (Å²) in [6.45, 7) is 2.76. The topological polar surface area (TPSA) is 54.0 Å². The summed E-state index contributed by atoms with van der Waals surface area (Å²) in [5, 5.41) is 8.96. The first-order valence-electron chi connectivity index (χ1n) is 6.46. The van der Waals surface area contributed by atoms with Gasteiger partial charge < -0.3 is 10.6 Å². The Morgan fingerprint density at radius 2 is 2.20 bits per heavy atom. The Morgan fingerprint density at radius 3 is 2.95 bits per heavy atom. The molecule has 0 bridgehead atoms. The molecule has 0 fully saturated rings. The Labute approximate surface area is 127 Å². The van der Waals surface area contributed by atoms with Gasteiger partial charge in [0.15, 0.2) is 5.13 Å². The summed E-state index contributed by atoms with van der Waals surface area (Å²) in [5.74, 6) is -0.137. The predicted molar refractivity (Wildman–Crippen MR) is 84.1 cm³/mol. The van der Waals surface area contributed by atoms with Gasteiger partial charge >= 0.3 is 0 Å². The van der Waals surface area contributed by atoms with Crippen molar-refractivity contribution in [3.63, 3.8) is 0 Å². The van der Waals surface area contributed by atoms with Gasteiger partial charge in [-0.05, 0) is 18.6 Å². The van der Waals surface area contributed by atoms with Gasteiger partial charge in [0.2, 0.25) is 0 Å². The number of aromatic nitrogens is 1. The van der Waals surface area contributed by atoms with Crippen LogP contribution >= 0.6 is 22.9 Å². The summed E-state index contributed by atoms with van der Waals surface area (Å²) < 4.78 is 0. The molecule has 1 aromatic carbocycles. The first-order chi connectivity index (χ1) is 9.70. The quantitative estimate of drug-likeness (QED) is 0.791. The molecule has 1 amide bonds. The molecular weight excluding hydrogens is 294 g/mol. The lowest BCUT2D eigenvalue weighted by molar-refractivity contribution is 0.0949. The number of nitrogens with one attached hydrogen (secondary N) is 2. The molecule has 0 aliphatic rings. The van der Waals surface area contributed by atoms with Gasteiger partial charge in [0.1, 0.15) is 5.69 Å². The monoisotopic (exact) mass is 309 g/mol. The van der Waals surface area contributed by atoms with Crippen molar-refractivity contribution < 1.29 is 4.79 Å². The Hall–Kier alpha value is -1.59. The fourth-order valence-corrected chi connectivity index (χ4v) is 2.47. The van der Waals surface area contributed by atoms with E-state index in [4.69, 9.17) is 11.6 Å². The minimum absolute atomic E-state index is 0.137. The van der Waals surface area contributed by atoms with Crippen molar-refractivity contribution in [2.75, 3.05) is 11.9 Å². The van der Waals surface area contributed by atoms with E-state index in [1.807, 2.05) is 18.2 Å². The standard InChI is InChI=1S/C14H16ClN3OS/c1-2-3-8-16-13(19)12-9-20-14(18-12)17-11-7-5-4-6-10(11)15/h4-7,9H,2-3,8H2,1H3,(H,16,19)(H,17,18). The molecule has 0 spiro atoms. The average Bonchev–Trinajstić information content (AvgIpc) is 2.90. The van der Waals surface area contributed by atoms with Crippen molar-refractivity contribution in [1.29, 1.82) is 0 Å². The molecule has 0 unspecified atom stereocenters. The van der Waals surface area contributed by atoms with Gasteiger partial charge in [0.05, 0.1) is 10.7 Å². The van der Waals surface area contributed by atoms with Crippen LogP contribution in [0.25, 0.3) is 0 Å². The van der Waals surface area contributed by atoms with Crippen LogP contribution in [-0.2, 0) is 0 Å². The number of amides is 1. The first kappa shape index (κ1) is 14.8. The zero-order chi connectivity index (χ0) is 14.4. The van der Waals surface area contributed by atoms with E-state index in [1.165, 1.54) is 11.3 Å². The van der Waals surface area contributed by atoms with Gasteiger partial charge in [-0.3, -0.25) is 4.79 Å². The maximum Gasteiger partial charge on any atom is 0.270 e. The van der Waals surface area contributed by atoms with Crippen LogP contribution in [0.15, 0.2) is 29.6 Å². The second kappa shape index (κ2) is 7.26. The van der Waals surface area contributed by atoms with Crippen molar-refractivity contribution in [2.45, 2.75) is 19.8 Å². The lowest BCUT2D eigenvalue weighted by Crippen LogP contribution is -2.24. The summed E-state index contributed by atoms with van der Waals surface area (Å²) in [6, 6.07) is 7.42. The third-order valence-electron chi connectivity index (χ3n) is 2.67. The zero-order valence-electron chi connectivity index (χ0n) is 11.1. The minimum atomic E-state index is -0.137. The molecule has 2 N–H and O–H groups in total. The molecular formula is C14H16ClN3OS. The van der Waals surface area contributed by atoms with Crippen LogP contribution in [0.4, 0.5) is 10.8 Å². The third kappa shape index (κ3) is 3.95. The fourth-order valence-electron chi connectivity index (χ4n) is 1.58. The van der Waals surface area contributed by atoms with E-state index in [2.05, 4.69) is 22.5 Å². The number of hydrogen-bond donors (Lipinski definition) is 2. The number of hydrogen-bond acceptors (Lipinski definition) is 4. The molecule has 1 aromatic heterocycles. The fraction of sp³-hybridized carbons (Fsp3) is 0.286. The van der Waals surface area contributed by atoms with E-state index < -0.39 is 0 Å². The van der Waals surface area contributed by atoms with E-state index in [1.54, 1.807) is 11.4 Å². The van der Waals surface area contributed by atoms with Gasteiger partial charge in [0, 0.05) is 11.9 Å². The summed E-state index contributed by atoms with van der Waals surface area (Å²) in [6.07, 6.45) is 2.03. The SMILES string of the molecule is CCCCNC(=O)c1csc(Nc2ccccc2Cl)n1. The molecule has 0 aliphatic carbocycles. The molecule has 0 atom stereocenters. The van der Waals surface area contributed by atoms with Crippen molar-refractivity contribution >= 4 is 39.7 Å². The number of carbonyl (C=O) groups excluding carboxylic acids is 1. The largest absolute Gasteiger partial charge is 0.351 e. The van der Waals surface area contributed by atoms with Crippen molar-refractivity contribution in [1.82, 2.24) is 10.3 Å². The molecule has 2 aromatic rings. The second-order valence-corrected chi connectivity index (χ2v) is 5.52. The number of anilines is 2. The molecule has 20 heavy (non-hydrogen) atoms. The second-order valence-electron chi connectivity index (χ2n) is 4.25. The molecule has 0 radical (unpaired) electrons. The van der Waals surface area contributed by atoms with Crippen molar-refractivity contribution in [3.8, 4) is 0 Å². The smallest absolute Gasteiger partial charge is 0.270 e. The predicted octanol–water partition coefficient (Wildman–Crippen LogP) is 4.07. The molecule has 0 aliphatic heterocycles. The van der Waals surface area contributed by atoms with Gasteiger partial charge in [-0.1, -0.05) is 37.1 Å². The molecule has 4 nitrogen and oxygen atoms in total. The van der Waals surface area contributed by atoms with E-state index in [-0.39, 0.29) is 5.91 Å². The number of rotatable bonds is 6. The van der Waals surface area contributed by atoms with Gasteiger partial charge in [-0.2, -0.15) is 0 Å². The Morgan fingerprint density at radius 1 is 1.40 bits per heavy atom. The Kier molecular flexibility index (Phi) is 5.38. The number of benzene rings is 1. The summed E-state index contributed by atoms with van der Waals surface area (Å²) in [7, 11) is 0. The number of thiazole rings is 1. The highest BCUT2D eigenvalue weighted by atomic mass is 35.5. The number of unbranched alkanes of at least 4 members (excludes halogenated alkanes) is 1.